The molecule has 36 heteroatoms. The van der Waals surface area contributed by atoms with Gasteiger partial charge in [-0.3, -0.25) is 33.6 Å². The Kier molecular flexibility index (Phi) is 57.0. The number of nitrogens with one attached hydrogen (secondary N) is 1. The van der Waals surface area contributed by atoms with E-state index in [1.165, 1.54) is 147 Å². The Hall–Kier alpha value is -5.04. The number of carbonyl (C=O) groups is 9. The van der Waals surface area contributed by atoms with Crippen molar-refractivity contribution >= 4 is 181 Å². The zero-order valence-corrected chi connectivity index (χ0v) is 62.3. The molecule has 4 aromatic carbocycles. The molecule has 2 unspecified atom stereocenters. The molecule has 520 valence electrons. The first-order chi connectivity index (χ1) is 44.0. The molecule has 2 atom stereocenters. The van der Waals surface area contributed by atoms with E-state index in [-0.39, 0.29) is 122 Å². The number of ether oxygens (including phenoxy) is 5. The number of carboxylic acid groups (broad SMARTS) is 1. The van der Waals surface area contributed by atoms with Crippen molar-refractivity contribution < 1.29 is 117 Å². The SMILES string of the molecule is C1COCCN1.CC(=O)O.CO.COC(=O)C(=Cc1ccc(C)c(F)c1F)C(=O)CCl.COC(=O)C1C(=O)CSC1c1ccc(C)c(F)c1F.COC(=O)CC(=O)CCl.COC(=O)c1c(N)csc1-c1ccc(C)c(F)c1F.Cc1ccc(C=O)c(F)c1F.Cl.NO.S.[Na][Na]. The van der Waals surface area contributed by atoms with Crippen LogP contribution in [0, 0.1) is 80.2 Å². The molecule has 7 rings (SSSR count). The predicted octanol–water partition coefficient (Wildman–Crippen LogP) is 9.28. The minimum atomic E-state index is -1.14. The number of nitrogens with two attached hydrogens (primary N) is 2. The number of aliphatic carboxylic acids is 1. The molecule has 2 saturated heterocycles. The summed E-state index contributed by atoms with van der Waals surface area (Å²) in [6.45, 7) is 10.7. The molecule has 0 radical (unpaired) electrons. The number of rotatable bonds is 12. The fraction of sp³-hybridized carbons (Fsp3) is 0.339. The monoisotopic (exact) mass is 1490 g/mol. The number of halogens is 11. The number of anilines is 1. The van der Waals surface area contributed by atoms with E-state index >= 15 is 0 Å². The van der Waals surface area contributed by atoms with Crippen molar-refractivity contribution in [2.45, 2.75) is 46.3 Å². The van der Waals surface area contributed by atoms with Gasteiger partial charge in [-0.25, -0.2) is 50.6 Å². The Morgan fingerprint density at radius 3 is 1.56 bits per heavy atom. The van der Waals surface area contributed by atoms with E-state index in [1.807, 2.05) is 0 Å². The summed E-state index contributed by atoms with van der Waals surface area (Å²) in [4.78, 5) is 97.8. The first-order valence-corrected chi connectivity index (χ1v) is 37.6. The van der Waals surface area contributed by atoms with Crippen molar-refractivity contribution in [2.24, 2.45) is 11.8 Å². The van der Waals surface area contributed by atoms with Gasteiger partial charge in [0.25, 0.3) is 5.97 Å². The van der Waals surface area contributed by atoms with Crippen LogP contribution in [0.25, 0.3) is 16.5 Å². The quantitative estimate of drug-likeness (QED) is 0.00647. The number of aldehydes is 1. The number of alkyl halides is 2. The molecule has 0 aliphatic carbocycles. The Morgan fingerprint density at radius 1 is 0.695 bits per heavy atom. The summed E-state index contributed by atoms with van der Waals surface area (Å²) in [6, 6.07) is 10.9. The molecule has 95 heavy (non-hydrogen) atoms. The van der Waals surface area contributed by atoms with Crippen molar-refractivity contribution in [3.8, 4) is 10.4 Å². The number of benzene rings is 4. The van der Waals surface area contributed by atoms with E-state index in [9.17, 15) is 73.5 Å². The van der Waals surface area contributed by atoms with Crippen LogP contribution in [0.5, 0.6) is 0 Å². The Balaban J connectivity index is -0.000000340. The van der Waals surface area contributed by atoms with Gasteiger partial charge in [-0.15, -0.1) is 58.7 Å². The standard InChI is InChI=1S/C13H11ClF2O3.C13H11F2NO2S.C13H12F2O3S.C8H6F2O.C5H7ClO3.C4H9NO.C2H4O2.CH4O.ClH.H3NO.2Na.H2S/c1-7-3-4-8(12(16)11(7)15)5-9(10(17)6-14)13(18)19-2;2*1-6-3-4-7(11(15)10(6)14)12-9(13(17)18-2)8(16)5-19-12;1-5-2-3-6(4-11)8(10)7(5)9;1-9-5(8)2-4(7)3-6;1-3-6-4-2-5-1;1-2(3)4;1-2;;1-2;;;/h3-5H,6H2,1-2H3;3-5H,16H2,1-2H3;3-4,9,12H,5H2,1-2H3;2-4H,1H3;2-3H2,1H3;5H,1-4H2;1H3,(H,3,4);2H,1H3;1H;2H,1H2;;;1H2. The van der Waals surface area contributed by atoms with Crippen molar-refractivity contribution in [1.82, 2.24) is 5.32 Å². The number of morpholine rings is 1. The molecule has 8 N–H and O–H groups in total. The van der Waals surface area contributed by atoms with E-state index in [2.05, 4.69) is 30.2 Å². The molecule has 20 nitrogen and oxygen atoms in total. The van der Waals surface area contributed by atoms with Crippen molar-refractivity contribution in [1.29, 1.82) is 0 Å². The van der Waals surface area contributed by atoms with Crippen molar-refractivity contribution in [3.05, 3.63) is 151 Å². The number of hydrogen-bond acceptors (Lipinski definition) is 21. The molecule has 1 aromatic heterocycles. The average molecular weight is 1490 g/mol. The maximum absolute atomic E-state index is 13.9. The predicted molar refractivity (Wildman–Crippen MR) is 353 cm³/mol. The van der Waals surface area contributed by atoms with Gasteiger partial charge in [0.05, 0.1) is 80.5 Å². The minimum absolute atomic E-state index is 0. The number of methoxy groups -OCH3 is 4. The van der Waals surface area contributed by atoms with Crippen LogP contribution in [0.3, 0.4) is 0 Å². The van der Waals surface area contributed by atoms with Crippen molar-refractivity contribution in [2.75, 3.05) is 85.1 Å². The number of aryl methyl sites for hydroxylation is 4. The molecule has 3 heterocycles. The van der Waals surface area contributed by atoms with Crippen molar-refractivity contribution in [3.63, 3.8) is 0 Å². The first-order valence-electron chi connectivity index (χ1n) is 26.6. The van der Waals surface area contributed by atoms with Gasteiger partial charge in [-0.1, -0.05) is 42.5 Å². The van der Waals surface area contributed by atoms with Gasteiger partial charge >= 0.3 is 67.5 Å². The molecule has 0 saturated carbocycles. The normalized spacial score (nSPS) is 12.8. The summed E-state index contributed by atoms with van der Waals surface area (Å²) in [6.07, 6.45) is 0.992. The number of carboxylic acids is 1. The van der Waals surface area contributed by atoms with Crippen LogP contribution in [0.15, 0.2) is 59.5 Å². The summed E-state index contributed by atoms with van der Waals surface area (Å²) in [5.74, 6) is -11.2. The molecule has 0 spiro atoms. The number of aliphatic hydroxyl groups excluding tert-OH is 1. The number of Topliss-reactive ketones (excluding diaryl/α,β-unsaturated/α-hetero) is 3. The van der Waals surface area contributed by atoms with E-state index in [0.717, 1.165) is 76.6 Å². The topological polar surface area (TPSA) is 325 Å². The zero-order chi connectivity index (χ0) is 72.4. The third-order valence-electron chi connectivity index (χ3n) is 11.3. The molecule has 2 aliphatic rings. The third kappa shape index (κ3) is 33.9. The van der Waals surface area contributed by atoms with Gasteiger partial charge in [0, 0.05) is 49.2 Å². The van der Waals surface area contributed by atoms with Crippen LogP contribution >= 0.6 is 72.2 Å². The van der Waals surface area contributed by atoms with Crippen LogP contribution in [0.2, 0.25) is 0 Å². The number of ketones is 3. The summed E-state index contributed by atoms with van der Waals surface area (Å²) < 4.78 is 130. The fourth-order valence-corrected chi connectivity index (χ4v) is 9.22. The number of aliphatic hydroxyl groups is 1. The zero-order valence-electron chi connectivity index (χ0n) is 53.4. The van der Waals surface area contributed by atoms with Crippen LogP contribution in [0.4, 0.5) is 40.8 Å². The fourth-order valence-electron chi connectivity index (χ4n) is 6.67. The Labute approximate surface area is 602 Å². The summed E-state index contributed by atoms with van der Waals surface area (Å²) >= 11 is 15.5. The van der Waals surface area contributed by atoms with Crippen LogP contribution in [-0.4, -0.2) is 192 Å². The Morgan fingerprint density at radius 2 is 1.15 bits per heavy atom. The first kappa shape index (κ1) is 98.6. The molecule has 0 amide bonds. The summed E-state index contributed by atoms with van der Waals surface area (Å²) in [5.41, 5.74) is 5.78. The average Bonchev–Trinajstić information content (AvgIpc) is 1.71. The maximum atomic E-state index is 13.9. The molecule has 2 aliphatic heterocycles. The number of carbonyl (C=O) groups excluding carboxylic acids is 8. The van der Waals surface area contributed by atoms with Gasteiger partial charge in [-0.05, 0) is 62.1 Å². The van der Waals surface area contributed by atoms with E-state index in [1.54, 1.807) is 0 Å². The molecular weight excluding hydrogens is 1420 g/mol. The van der Waals surface area contributed by atoms with E-state index < -0.39 is 105 Å². The second-order valence-electron chi connectivity index (χ2n) is 17.5. The summed E-state index contributed by atoms with van der Waals surface area (Å²) in [5, 5.41) is 24.8. The van der Waals surface area contributed by atoms with Crippen LogP contribution < -0.4 is 16.9 Å². The molecule has 0 bridgehead atoms. The van der Waals surface area contributed by atoms with Gasteiger partial charge < -0.3 is 50.2 Å². The van der Waals surface area contributed by atoms with Gasteiger partial charge in [0.1, 0.15) is 23.5 Å². The van der Waals surface area contributed by atoms with Gasteiger partial charge in [0.2, 0.25) is 0 Å². The van der Waals surface area contributed by atoms with Crippen LogP contribution in [0.1, 0.15) is 72.7 Å². The number of thiophene rings is 1. The number of esters is 4. The number of nitrogen functional groups attached to an aromatic ring is 1. The van der Waals surface area contributed by atoms with E-state index in [0.29, 0.717) is 0 Å². The molecule has 5 aromatic rings. The second kappa shape index (κ2) is 54.9. The van der Waals surface area contributed by atoms with Gasteiger partial charge in [0.15, 0.2) is 70.2 Å². The third-order valence-corrected chi connectivity index (χ3v) is 14.2. The number of thioether (sulfide) groups is 1. The summed E-state index contributed by atoms with van der Waals surface area (Å²) in [7, 11) is 5.67. The van der Waals surface area contributed by atoms with Gasteiger partial charge in [-0.2, -0.15) is 13.5 Å². The second-order valence-corrected chi connectivity index (χ2v) is 20.0. The molecule has 2 fully saturated rings. The van der Waals surface area contributed by atoms with E-state index in [4.69, 9.17) is 53.9 Å². The van der Waals surface area contributed by atoms with Crippen LogP contribution in [-0.2, 0) is 57.2 Å². The Bertz CT molecular complexity index is 3280. The molecular formula is C59H70Cl3F8N3Na2O17S3. The number of hydrogen-bond donors (Lipinski definition) is 6.